The third-order valence-corrected chi connectivity index (χ3v) is 2.57. The van der Waals surface area contributed by atoms with Gasteiger partial charge in [-0.05, 0) is 43.7 Å². The summed E-state index contributed by atoms with van der Waals surface area (Å²) in [6.45, 7) is 3.61. The molecular weight excluding hydrogens is 231 g/mol. The lowest BCUT2D eigenvalue weighted by Crippen LogP contribution is -2.14. The van der Waals surface area contributed by atoms with E-state index in [1.165, 1.54) is 12.1 Å². The van der Waals surface area contributed by atoms with Crippen molar-refractivity contribution in [1.82, 2.24) is 4.98 Å². The predicted octanol–water partition coefficient (Wildman–Crippen LogP) is 3.09. The van der Waals surface area contributed by atoms with Crippen LogP contribution in [0.4, 0.5) is 10.1 Å². The number of nitrogens with one attached hydrogen (secondary N) is 1. The number of anilines is 1. The molecule has 0 unspecified atom stereocenters. The summed E-state index contributed by atoms with van der Waals surface area (Å²) >= 11 is 0. The van der Waals surface area contributed by atoms with Crippen molar-refractivity contribution in [3.8, 4) is 0 Å². The van der Waals surface area contributed by atoms with Gasteiger partial charge >= 0.3 is 0 Å². The third-order valence-electron chi connectivity index (χ3n) is 2.57. The topological polar surface area (TPSA) is 42.0 Å². The summed E-state index contributed by atoms with van der Waals surface area (Å²) in [7, 11) is 0. The molecule has 0 saturated heterocycles. The van der Waals surface area contributed by atoms with Crippen LogP contribution in [0.25, 0.3) is 0 Å². The van der Waals surface area contributed by atoms with Gasteiger partial charge < -0.3 is 5.32 Å². The van der Waals surface area contributed by atoms with Crippen molar-refractivity contribution in [2.75, 3.05) is 5.32 Å². The van der Waals surface area contributed by atoms with Gasteiger partial charge in [0.15, 0.2) is 0 Å². The van der Waals surface area contributed by atoms with Crippen LogP contribution in [0.1, 0.15) is 21.7 Å². The molecule has 0 atom stereocenters. The van der Waals surface area contributed by atoms with Gasteiger partial charge in [-0.1, -0.05) is 12.1 Å². The van der Waals surface area contributed by atoms with E-state index in [4.69, 9.17) is 0 Å². The molecule has 0 aliphatic carbocycles. The zero-order valence-electron chi connectivity index (χ0n) is 10.2. The van der Waals surface area contributed by atoms with E-state index in [-0.39, 0.29) is 11.7 Å². The number of aryl methyl sites for hydroxylation is 2. The molecule has 0 saturated carbocycles. The number of hydrogen-bond acceptors (Lipinski definition) is 2. The maximum Gasteiger partial charge on any atom is 0.274 e. The fraction of sp³-hybridized carbons (Fsp3) is 0.143. The average molecular weight is 244 g/mol. The molecule has 3 nitrogen and oxygen atoms in total. The molecule has 0 radical (unpaired) electrons. The number of aromatic nitrogens is 1. The van der Waals surface area contributed by atoms with Crippen LogP contribution in [0, 0.1) is 19.7 Å². The number of hydrogen-bond donors (Lipinski definition) is 1. The summed E-state index contributed by atoms with van der Waals surface area (Å²) < 4.78 is 13.1. The Morgan fingerprint density at radius 3 is 2.72 bits per heavy atom. The van der Waals surface area contributed by atoms with E-state index in [1.54, 1.807) is 25.1 Å². The smallest absolute Gasteiger partial charge is 0.274 e. The highest BCUT2D eigenvalue weighted by Gasteiger charge is 2.09. The number of pyridine rings is 1. The normalized spacial score (nSPS) is 10.2. The maximum absolute atomic E-state index is 13.1. The van der Waals surface area contributed by atoms with Crippen LogP contribution < -0.4 is 5.32 Å². The summed E-state index contributed by atoms with van der Waals surface area (Å²) in [5.41, 5.74) is 2.35. The van der Waals surface area contributed by atoms with Crippen molar-refractivity contribution < 1.29 is 9.18 Å². The molecule has 1 aromatic heterocycles. The van der Waals surface area contributed by atoms with Crippen molar-refractivity contribution >= 4 is 11.6 Å². The summed E-state index contributed by atoms with van der Waals surface area (Å²) in [5, 5.41) is 2.65. The fourth-order valence-electron chi connectivity index (χ4n) is 1.58. The Labute approximate surface area is 105 Å². The van der Waals surface area contributed by atoms with Crippen molar-refractivity contribution in [2.45, 2.75) is 13.8 Å². The molecule has 0 bridgehead atoms. The Hall–Kier alpha value is -2.23. The minimum Gasteiger partial charge on any atom is -0.320 e. The zero-order valence-corrected chi connectivity index (χ0v) is 10.2. The van der Waals surface area contributed by atoms with Gasteiger partial charge in [0.2, 0.25) is 0 Å². The van der Waals surface area contributed by atoms with Gasteiger partial charge in [0.1, 0.15) is 11.5 Å². The lowest BCUT2D eigenvalue weighted by atomic mass is 10.2. The number of benzene rings is 1. The molecule has 0 aliphatic heterocycles. The van der Waals surface area contributed by atoms with Crippen molar-refractivity contribution in [3.05, 3.63) is 59.2 Å². The number of amides is 1. The molecule has 4 heteroatoms. The number of rotatable bonds is 2. The van der Waals surface area contributed by atoms with Gasteiger partial charge in [-0.15, -0.1) is 0 Å². The fourth-order valence-corrected chi connectivity index (χ4v) is 1.58. The highest BCUT2D eigenvalue weighted by Crippen LogP contribution is 2.16. The van der Waals surface area contributed by atoms with E-state index in [0.29, 0.717) is 11.4 Å². The zero-order chi connectivity index (χ0) is 13.1. The maximum atomic E-state index is 13.1. The van der Waals surface area contributed by atoms with Gasteiger partial charge in [-0.25, -0.2) is 9.37 Å². The Morgan fingerprint density at radius 1 is 1.22 bits per heavy atom. The van der Waals surface area contributed by atoms with E-state index in [0.717, 1.165) is 11.3 Å². The SMILES string of the molecule is Cc1cccc(C(=O)Nc2cc(F)ccc2C)n1. The van der Waals surface area contributed by atoms with E-state index in [1.807, 2.05) is 13.0 Å². The Morgan fingerprint density at radius 2 is 2.00 bits per heavy atom. The van der Waals surface area contributed by atoms with Crippen LogP contribution in [-0.2, 0) is 0 Å². The first-order valence-corrected chi connectivity index (χ1v) is 5.57. The molecule has 0 aliphatic rings. The highest BCUT2D eigenvalue weighted by molar-refractivity contribution is 6.03. The lowest BCUT2D eigenvalue weighted by molar-refractivity contribution is 0.102. The molecular formula is C14H13FN2O. The van der Waals surface area contributed by atoms with Crippen molar-refractivity contribution in [2.24, 2.45) is 0 Å². The van der Waals surface area contributed by atoms with Crippen LogP contribution in [0.2, 0.25) is 0 Å². The van der Waals surface area contributed by atoms with Crippen molar-refractivity contribution in [3.63, 3.8) is 0 Å². The quantitative estimate of drug-likeness (QED) is 0.882. The molecule has 1 aromatic carbocycles. The minimum absolute atomic E-state index is 0.318. The summed E-state index contributed by atoms with van der Waals surface area (Å²) in [4.78, 5) is 16.0. The first kappa shape index (κ1) is 12.2. The highest BCUT2D eigenvalue weighted by atomic mass is 19.1. The third kappa shape index (κ3) is 2.71. The molecule has 92 valence electrons. The molecule has 0 spiro atoms. The van der Waals surface area contributed by atoms with Crippen LogP contribution >= 0.6 is 0 Å². The Bertz CT molecular complexity index is 596. The van der Waals surface area contributed by atoms with Crippen LogP contribution in [0.3, 0.4) is 0 Å². The second-order valence-electron chi connectivity index (χ2n) is 4.08. The molecule has 2 rings (SSSR count). The molecule has 0 fully saturated rings. The summed E-state index contributed by atoms with van der Waals surface area (Å²) in [5.74, 6) is -0.722. The average Bonchev–Trinajstić information content (AvgIpc) is 2.34. The van der Waals surface area contributed by atoms with Crippen LogP contribution in [0.15, 0.2) is 36.4 Å². The first-order valence-electron chi connectivity index (χ1n) is 5.57. The van der Waals surface area contributed by atoms with E-state index in [9.17, 15) is 9.18 Å². The van der Waals surface area contributed by atoms with Gasteiger partial charge in [0.25, 0.3) is 5.91 Å². The van der Waals surface area contributed by atoms with Gasteiger partial charge in [-0.3, -0.25) is 4.79 Å². The minimum atomic E-state index is -0.381. The van der Waals surface area contributed by atoms with E-state index >= 15 is 0 Å². The van der Waals surface area contributed by atoms with Crippen LogP contribution in [-0.4, -0.2) is 10.9 Å². The number of nitrogens with zero attached hydrogens (tertiary/aromatic N) is 1. The largest absolute Gasteiger partial charge is 0.320 e. The summed E-state index contributed by atoms with van der Waals surface area (Å²) in [6.07, 6.45) is 0. The number of carbonyl (C=O) groups is 1. The van der Waals surface area contributed by atoms with Gasteiger partial charge in [-0.2, -0.15) is 0 Å². The number of halogens is 1. The molecule has 1 heterocycles. The molecule has 1 N–H and O–H groups in total. The first-order chi connectivity index (χ1) is 8.56. The van der Waals surface area contributed by atoms with Crippen molar-refractivity contribution in [1.29, 1.82) is 0 Å². The van der Waals surface area contributed by atoms with E-state index in [2.05, 4.69) is 10.3 Å². The molecule has 2 aromatic rings. The monoisotopic (exact) mass is 244 g/mol. The second kappa shape index (κ2) is 4.96. The van der Waals surface area contributed by atoms with Gasteiger partial charge in [0, 0.05) is 11.4 Å². The Balaban J connectivity index is 2.24. The Kier molecular flexibility index (Phi) is 3.37. The van der Waals surface area contributed by atoms with Gasteiger partial charge in [0.05, 0.1) is 0 Å². The number of carbonyl (C=O) groups excluding carboxylic acids is 1. The second-order valence-corrected chi connectivity index (χ2v) is 4.08. The lowest BCUT2D eigenvalue weighted by Gasteiger charge is -2.08. The van der Waals surface area contributed by atoms with E-state index < -0.39 is 0 Å². The standard InChI is InChI=1S/C14H13FN2O/c1-9-6-7-11(15)8-13(9)17-14(18)12-5-3-4-10(2)16-12/h3-8H,1-2H3,(H,17,18). The summed E-state index contributed by atoms with van der Waals surface area (Å²) in [6, 6.07) is 9.46. The molecule has 1 amide bonds. The van der Waals surface area contributed by atoms with Crippen LogP contribution in [0.5, 0.6) is 0 Å². The molecule has 18 heavy (non-hydrogen) atoms. The predicted molar refractivity (Wildman–Crippen MR) is 68.1 cm³/mol.